The second-order valence-corrected chi connectivity index (χ2v) is 7.81. The summed E-state index contributed by atoms with van der Waals surface area (Å²) in [7, 11) is 7.79. The number of hydrogen-bond donors (Lipinski definition) is 0. The lowest BCUT2D eigenvalue weighted by atomic mass is 9.83. The second-order valence-electron chi connectivity index (χ2n) is 7.43. The molecule has 0 unspecified atom stereocenters. The van der Waals surface area contributed by atoms with Crippen LogP contribution in [-0.2, 0) is 6.54 Å². The molecule has 2 aliphatic heterocycles. The van der Waals surface area contributed by atoms with E-state index in [-0.39, 0.29) is 0 Å². The van der Waals surface area contributed by atoms with Gasteiger partial charge in [0.2, 0.25) is 0 Å². The normalized spacial score (nSPS) is 22.3. The highest BCUT2D eigenvalue weighted by molar-refractivity contribution is 6.33. The molecule has 0 bridgehead atoms. The van der Waals surface area contributed by atoms with Crippen molar-refractivity contribution in [3.63, 3.8) is 0 Å². The number of methoxy groups -OCH3 is 2. The highest BCUT2D eigenvalue weighted by atomic mass is 35.5. The largest absolute Gasteiger partial charge is 0.493 e. The number of nitrogens with zero attached hydrogens (tertiary/aromatic N) is 3. The molecular weight excluding hydrogens is 338 g/mol. The van der Waals surface area contributed by atoms with Gasteiger partial charge in [0, 0.05) is 44.8 Å². The van der Waals surface area contributed by atoms with E-state index in [0.29, 0.717) is 22.1 Å². The first kappa shape index (κ1) is 18.8. The summed E-state index contributed by atoms with van der Waals surface area (Å²) in [5.41, 5.74) is 1.44. The number of piperazine rings is 1. The standard InChI is InChI=1S/C19H30ClN3O2/c1-21-11-12-22(2)19(14-21)7-9-23(10-8-19)13-15-5-6-16(24-3)18(25-4)17(15)20/h5-6H,7-14H2,1-4H3. The van der Waals surface area contributed by atoms with Crippen molar-refractivity contribution in [2.75, 3.05) is 61.0 Å². The van der Waals surface area contributed by atoms with Gasteiger partial charge in [-0.1, -0.05) is 17.7 Å². The summed E-state index contributed by atoms with van der Waals surface area (Å²) in [5.74, 6) is 1.31. The summed E-state index contributed by atoms with van der Waals surface area (Å²) in [5, 5.41) is 0.664. The molecular formula is C19H30ClN3O2. The van der Waals surface area contributed by atoms with Gasteiger partial charge in [-0.15, -0.1) is 0 Å². The number of halogens is 1. The van der Waals surface area contributed by atoms with Crippen molar-refractivity contribution < 1.29 is 9.47 Å². The monoisotopic (exact) mass is 367 g/mol. The van der Waals surface area contributed by atoms with Gasteiger partial charge >= 0.3 is 0 Å². The van der Waals surface area contributed by atoms with E-state index in [1.165, 1.54) is 25.9 Å². The first-order chi connectivity index (χ1) is 12.0. The third-order valence-electron chi connectivity index (χ3n) is 5.94. The Kier molecular flexibility index (Phi) is 5.78. The summed E-state index contributed by atoms with van der Waals surface area (Å²) < 4.78 is 10.8. The third kappa shape index (κ3) is 3.75. The number of likely N-dealkylation sites (tertiary alicyclic amines) is 1. The maximum atomic E-state index is 6.55. The maximum absolute atomic E-state index is 6.55. The Hall–Kier alpha value is -1.01. The second kappa shape index (κ2) is 7.70. The molecule has 1 spiro atoms. The highest BCUT2D eigenvalue weighted by Gasteiger charge is 2.41. The van der Waals surface area contributed by atoms with Crippen LogP contribution in [0, 0.1) is 0 Å². The van der Waals surface area contributed by atoms with Crippen LogP contribution >= 0.6 is 11.6 Å². The van der Waals surface area contributed by atoms with Gasteiger partial charge in [-0.3, -0.25) is 9.80 Å². The van der Waals surface area contributed by atoms with E-state index in [4.69, 9.17) is 21.1 Å². The molecule has 2 saturated heterocycles. The molecule has 2 fully saturated rings. The van der Waals surface area contributed by atoms with Gasteiger partial charge < -0.3 is 14.4 Å². The third-order valence-corrected chi connectivity index (χ3v) is 6.35. The van der Waals surface area contributed by atoms with Crippen LogP contribution < -0.4 is 9.47 Å². The molecule has 0 aliphatic carbocycles. The summed E-state index contributed by atoms with van der Waals surface area (Å²) >= 11 is 6.55. The number of benzene rings is 1. The van der Waals surface area contributed by atoms with Gasteiger partial charge in [0.15, 0.2) is 11.5 Å². The lowest BCUT2D eigenvalue weighted by Crippen LogP contribution is -2.63. The quantitative estimate of drug-likeness (QED) is 0.815. The Morgan fingerprint density at radius 3 is 2.40 bits per heavy atom. The average molecular weight is 368 g/mol. The molecule has 140 valence electrons. The summed E-state index contributed by atoms with van der Waals surface area (Å²) in [6.45, 7) is 6.57. The van der Waals surface area contributed by atoms with Gasteiger partial charge in [-0.25, -0.2) is 0 Å². The fraction of sp³-hybridized carbons (Fsp3) is 0.684. The molecule has 1 aromatic carbocycles. The van der Waals surface area contributed by atoms with Gasteiger partial charge in [0.25, 0.3) is 0 Å². The van der Waals surface area contributed by atoms with E-state index in [0.717, 1.165) is 31.7 Å². The molecule has 0 amide bonds. The number of ether oxygens (including phenoxy) is 2. The molecule has 0 atom stereocenters. The average Bonchev–Trinajstić information content (AvgIpc) is 2.62. The Balaban J connectivity index is 1.66. The van der Waals surface area contributed by atoms with Gasteiger partial charge in [0.1, 0.15) is 0 Å². The Morgan fingerprint density at radius 1 is 1.04 bits per heavy atom. The van der Waals surface area contributed by atoms with Crippen LogP contribution in [0.5, 0.6) is 11.5 Å². The number of likely N-dealkylation sites (N-methyl/N-ethyl adjacent to an activating group) is 2. The van der Waals surface area contributed by atoms with Crippen molar-refractivity contribution in [3.8, 4) is 11.5 Å². The van der Waals surface area contributed by atoms with E-state index in [1.54, 1.807) is 14.2 Å². The summed E-state index contributed by atoms with van der Waals surface area (Å²) in [6.07, 6.45) is 2.41. The van der Waals surface area contributed by atoms with E-state index < -0.39 is 0 Å². The minimum Gasteiger partial charge on any atom is -0.493 e. The highest BCUT2D eigenvalue weighted by Crippen LogP contribution is 2.38. The first-order valence-electron chi connectivity index (χ1n) is 9.00. The Bertz CT molecular complexity index is 603. The molecule has 6 heteroatoms. The van der Waals surface area contributed by atoms with Crippen molar-refractivity contribution in [3.05, 3.63) is 22.7 Å². The fourth-order valence-electron chi connectivity index (χ4n) is 4.22. The minimum atomic E-state index is 0.338. The van der Waals surface area contributed by atoms with Crippen molar-refractivity contribution in [2.24, 2.45) is 0 Å². The topological polar surface area (TPSA) is 28.2 Å². The molecule has 1 aromatic rings. The Morgan fingerprint density at radius 2 is 1.76 bits per heavy atom. The lowest BCUT2D eigenvalue weighted by Gasteiger charge is -2.52. The molecule has 5 nitrogen and oxygen atoms in total. The number of rotatable bonds is 4. The van der Waals surface area contributed by atoms with E-state index >= 15 is 0 Å². The van der Waals surface area contributed by atoms with Crippen LogP contribution in [0.15, 0.2) is 12.1 Å². The Labute approximate surface area is 156 Å². The molecule has 0 radical (unpaired) electrons. The lowest BCUT2D eigenvalue weighted by molar-refractivity contribution is -0.0205. The number of piperidine rings is 1. The van der Waals surface area contributed by atoms with Crippen LogP contribution in [0.2, 0.25) is 5.02 Å². The van der Waals surface area contributed by atoms with Crippen molar-refractivity contribution in [1.29, 1.82) is 0 Å². The smallest absolute Gasteiger partial charge is 0.179 e. The van der Waals surface area contributed by atoms with E-state index in [9.17, 15) is 0 Å². The fourth-order valence-corrected chi connectivity index (χ4v) is 4.51. The zero-order valence-electron chi connectivity index (χ0n) is 15.8. The van der Waals surface area contributed by atoms with Crippen LogP contribution in [0.3, 0.4) is 0 Å². The van der Waals surface area contributed by atoms with Gasteiger partial charge in [-0.05, 0) is 38.6 Å². The van der Waals surface area contributed by atoms with E-state index in [2.05, 4.69) is 34.9 Å². The summed E-state index contributed by atoms with van der Waals surface area (Å²) in [4.78, 5) is 7.55. The first-order valence-corrected chi connectivity index (χ1v) is 9.38. The zero-order valence-corrected chi connectivity index (χ0v) is 16.6. The molecule has 0 saturated carbocycles. The minimum absolute atomic E-state index is 0.338. The molecule has 2 heterocycles. The molecule has 3 rings (SSSR count). The van der Waals surface area contributed by atoms with Gasteiger partial charge in [-0.2, -0.15) is 0 Å². The molecule has 2 aliphatic rings. The predicted molar refractivity (Wildman–Crippen MR) is 102 cm³/mol. The van der Waals surface area contributed by atoms with Crippen LogP contribution in [0.25, 0.3) is 0 Å². The van der Waals surface area contributed by atoms with Crippen LogP contribution in [0.4, 0.5) is 0 Å². The van der Waals surface area contributed by atoms with Gasteiger partial charge in [0.05, 0.1) is 19.2 Å². The molecule has 25 heavy (non-hydrogen) atoms. The predicted octanol–water partition coefficient (Wildman–Crippen LogP) is 2.57. The van der Waals surface area contributed by atoms with Crippen molar-refractivity contribution in [1.82, 2.24) is 14.7 Å². The van der Waals surface area contributed by atoms with Crippen LogP contribution in [-0.4, -0.2) is 81.3 Å². The molecule has 0 aromatic heterocycles. The SMILES string of the molecule is COc1ccc(CN2CCC3(CC2)CN(C)CCN3C)c(Cl)c1OC. The summed E-state index contributed by atoms with van der Waals surface area (Å²) in [6, 6.07) is 3.99. The number of hydrogen-bond acceptors (Lipinski definition) is 5. The van der Waals surface area contributed by atoms with Crippen molar-refractivity contribution >= 4 is 11.6 Å². The molecule has 0 N–H and O–H groups in total. The van der Waals surface area contributed by atoms with Crippen molar-refractivity contribution in [2.45, 2.75) is 24.9 Å². The van der Waals surface area contributed by atoms with E-state index in [1.807, 2.05) is 6.07 Å². The van der Waals surface area contributed by atoms with Crippen LogP contribution in [0.1, 0.15) is 18.4 Å². The zero-order chi connectivity index (χ0) is 18.0. The maximum Gasteiger partial charge on any atom is 0.179 e.